The summed E-state index contributed by atoms with van der Waals surface area (Å²) >= 11 is 0. The van der Waals surface area contributed by atoms with Gasteiger partial charge in [-0.3, -0.25) is 9.89 Å². The molecule has 3 rings (SSSR count). The van der Waals surface area contributed by atoms with Gasteiger partial charge in [-0.05, 0) is 35.4 Å². The van der Waals surface area contributed by atoms with Crippen LogP contribution in [0.3, 0.4) is 0 Å². The van der Waals surface area contributed by atoms with Gasteiger partial charge in [0.1, 0.15) is 11.6 Å². The summed E-state index contributed by atoms with van der Waals surface area (Å²) < 4.78 is 19.4. The molecule has 0 aliphatic carbocycles. The average Bonchev–Trinajstić information content (AvgIpc) is 3.14. The van der Waals surface area contributed by atoms with E-state index in [1.165, 1.54) is 12.1 Å². The minimum absolute atomic E-state index is 0.00476. The molecule has 0 bridgehead atoms. The molecule has 1 heterocycles. The maximum absolute atomic E-state index is 14.2. The van der Waals surface area contributed by atoms with Crippen molar-refractivity contribution in [2.24, 2.45) is 0 Å². The van der Waals surface area contributed by atoms with Crippen LogP contribution in [0.5, 0.6) is 5.75 Å². The quantitative estimate of drug-likeness (QED) is 0.757. The summed E-state index contributed by atoms with van der Waals surface area (Å²) in [7, 11) is 1.58. The number of ether oxygens (including phenoxy) is 1. The van der Waals surface area contributed by atoms with Gasteiger partial charge < -0.3 is 10.1 Å². The highest BCUT2D eigenvalue weighted by Crippen LogP contribution is 2.21. The van der Waals surface area contributed by atoms with Crippen LogP contribution in [0.1, 0.15) is 15.9 Å². The molecule has 6 heteroatoms. The van der Waals surface area contributed by atoms with Gasteiger partial charge in [0.15, 0.2) is 0 Å². The van der Waals surface area contributed by atoms with E-state index in [1.807, 2.05) is 24.3 Å². The van der Waals surface area contributed by atoms with Crippen LogP contribution in [0.2, 0.25) is 0 Å². The fourth-order valence-electron chi connectivity index (χ4n) is 2.35. The lowest BCUT2D eigenvalue weighted by molar-refractivity contribution is 0.0947. The summed E-state index contributed by atoms with van der Waals surface area (Å²) in [6.45, 7) is 0.291. The molecule has 2 N–H and O–H groups in total. The summed E-state index contributed by atoms with van der Waals surface area (Å²) in [6.07, 6.45) is 3.26. The molecule has 0 saturated heterocycles. The van der Waals surface area contributed by atoms with Crippen molar-refractivity contribution < 1.29 is 13.9 Å². The maximum atomic E-state index is 14.2. The number of amides is 1. The first-order valence-corrected chi connectivity index (χ1v) is 7.37. The molecule has 0 fully saturated rings. The second-order valence-corrected chi connectivity index (χ2v) is 5.22. The first kappa shape index (κ1) is 15.7. The number of aromatic nitrogens is 2. The third-order valence-corrected chi connectivity index (χ3v) is 3.63. The molecule has 1 amide bonds. The van der Waals surface area contributed by atoms with Crippen LogP contribution in [0.25, 0.3) is 11.1 Å². The molecular weight excluding hydrogens is 309 g/mol. The van der Waals surface area contributed by atoms with Gasteiger partial charge in [-0.25, -0.2) is 4.39 Å². The van der Waals surface area contributed by atoms with Gasteiger partial charge in [0.05, 0.1) is 18.9 Å². The zero-order chi connectivity index (χ0) is 16.9. The molecule has 0 saturated carbocycles. The highest BCUT2D eigenvalue weighted by Gasteiger charge is 2.13. The minimum atomic E-state index is -0.572. The topological polar surface area (TPSA) is 67.0 Å². The van der Waals surface area contributed by atoms with Gasteiger partial charge in [0.2, 0.25) is 0 Å². The van der Waals surface area contributed by atoms with E-state index in [2.05, 4.69) is 15.5 Å². The molecule has 1 aromatic heterocycles. The summed E-state index contributed by atoms with van der Waals surface area (Å²) in [5.41, 5.74) is 2.30. The lowest BCUT2D eigenvalue weighted by Crippen LogP contribution is -2.23. The largest absolute Gasteiger partial charge is 0.497 e. The summed E-state index contributed by atoms with van der Waals surface area (Å²) in [6, 6.07) is 11.8. The third kappa shape index (κ3) is 3.43. The zero-order valence-electron chi connectivity index (χ0n) is 13.0. The standard InChI is InChI=1S/C18H16FN3O2/c1-24-15-4-2-3-12(7-15)9-20-18(23)16-6-5-13(8-17(16)19)14-10-21-22-11-14/h2-8,10-11H,9H2,1H3,(H,20,23)(H,21,22). The van der Waals surface area contributed by atoms with E-state index in [9.17, 15) is 9.18 Å². The van der Waals surface area contributed by atoms with Gasteiger partial charge in [0.25, 0.3) is 5.91 Å². The van der Waals surface area contributed by atoms with Crippen molar-refractivity contribution in [3.05, 3.63) is 71.8 Å². The Morgan fingerprint density at radius 1 is 1.25 bits per heavy atom. The number of carbonyl (C=O) groups is 1. The fraction of sp³-hybridized carbons (Fsp3) is 0.111. The lowest BCUT2D eigenvalue weighted by Gasteiger charge is -2.08. The lowest BCUT2D eigenvalue weighted by atomic mass is 10.1. The molecule has 0 aliphatic rings. The Bertz CT molecular complexity index is 847. The van der Waals surface area contributed by atoms with Gasteiger partial charge in [-0.1, -0.05) is 18.2 Å². The fourth-order valence-corrected chi connectivity index (χ4v) is 2.35. The number of halogens is 1. The number of nitrogens with one attached hydrogen (secondary N) is 2. The Labute approximate surface area is 138 Å². The van der Waals surface area contributed by atoms with Crippen LogP contribution < -0.4 is 10.1 Å². The smallest absolute Gasteiger partial charge is 0.254 e. The third-order valence-electron chi connectivity index (χ3n) is 3.63. The van der Waals surface area contributed by atoms with Crippen molar-refractivity contribution in [1.29, 1.82) is 0 Å². The molecule has 5 nitrogen and oxygen atoms in total. The van der Waals surface area contributed by atoms with Crippen LogP contribution in [0.4, 0.5) is 4.39 Å². The molecule has 2 aromatic carbocycles. The van der Waals surface area contributed by atoms with E-state index in [0.29, 0.717) is 17.9 Å². The predicted octanol–water partition coefficient (Wildman–Crippen LogP) is 3.15. The van der Waals surface area contributed by atoms with E-state index in [4.69, 9.17) is 4.74 Å². The van der Waals surface area contributed by atoms with Crippen LogP contribution in [0.15, 0.2) is 54.9 Å². The molecule has 0 unspecified atom stereocenters. The zero-order valence-corrected chi connectivity index (χ0v) is 13.0. The molecular formula is C18H16FN3O2. The van der Waals surface area contributed by atoms with Crippen molar-refractivity contribution >= 4 is 5.91 Å². The highest BCUT2D eigenvalue weighted by molar-refractivity contribution is 5.95. The van der Waals surface area contributed by atoms with Crippen molar-refractivity contribution in [3.8, 4) is 16.9 Å². The minimum Gasteiger partial charge on any atom is -0.497 e. The summed E-state index contributed by atoms with van der Waals surface area (Å²) in [5, 5.41) is 9.21. The SMILES string of the molecule is COc1cccc(CNC(=O)c2ccc(-c3cn[nH]c3)cc2F)c1. The number of nitrogens with zero attached hydrogens (tertiary/aromatic N) is 1. The molecule has 0 spiro atoms. The number of rotatable bonds is 5. The first-order valence-electron chi connectivity index (χ1n) is 7.37. The number of benzene rings is 2. The van der Waals surface area contributed by atoms with E-state index in [-0.39, 0.29) is 5.56 Å². The van der Waals surface area contributed by atoms with Crippen LogP contribution in [-0.2, 0) is 6.54 Å². The maximum Gasteiger partial charge on any atom is 0.254 e. The Hall–Kier alpha value is -3.15. The van der Waals surface area contributed by atoms with Crippen molar-refractivity contribution in [1.82, 2.24) is 15.5 Å². The van der Waals surface area contributed by atoms with E-state index in [1.54, 1.807) is 25.6 Å². The van der Waals surface area contributed by atoms with Crippen molar-refractivity contribution in [2.75, 3.05) is 7.11 Å². The second kappa shape index (κ2) is 6.95. The predicted molar refractivity (Wildman–Crippen MR) is 88.1 cm³/mol. The number of aromatic amines is 1. The number of hydrogen-bond donors (Lipinski definition) is 2. The summed E-state index contributed by atoms with van der Waals surface area (Å²) in [4.78, 5) is 12.2. The second-order valence-electron chi connectivity index (χ2n) is 5.22. The first-order chi connectivity index (χ1) is 11.7. The Kier molecular flexibility index (Phi) is 4.56. The van der Waals surface area contributed by atoms with E-state index < -0.39 is 11.7 Å². The molecule has 3 aromatic rings. The van der Waals surface area contributed by atoms with Crippen LogP contribution in [-0.4, -0.2) is 23.2 Å². The summed E-state index contributed by atoms with van der Waals surface area (Å²) in [5.74, 6) is -0.330. The number of carbonyl (C=O) groups excluding carboxylic acids is 1. The number of methoxy groups -OCH3 is 1. The monoisotopic (exact) mass is 325 g/mol. The van der Waals surface area contributed by atoms with Gasteiger partial charge in [-0.15, -0.1) is 0 Å². The van der Waals surface area contributed by atoms with Crippen LogP contribution in [0, 0.1) is 5.82 Å². The van der Waals surface area contributed by atoms with E-state index in [0.717, 1.165) is 11.1 Å². The van der Waals surface area contributed by atoms with Gasteiger partial charge >= 0.3 is 0 Å². The number of H-pyrrole nitrogens is 1. The normalized spacial score (nSPS) is 10.4. The number of hydrogen-bond acceptors (Lipinski definition) is 3. The van der Waals surface area contributed by atoms with Gasteiger partial charge in [0, 0.05) is 18.3 Å². The average molecular weight is 325 g/mol. The Morgan fingerprint density at radius 2 is 2.12 bits per heavy atom. The van der Waals surface area contributed by atoms with Crippen molar-refractivity contribution in [2.45, 2.75) is 6.54 Å². The molecule has 0 radical (unpaired) electrons. The molecule has 0 atom stereocenters. The van der Waals surface area contributed by atoms with Crippen LogP contribution >= 0.6 is 0 Å². The van der Waals surface area contributed by atoms with E-state index >= 15 is 0 Å². The molecule has 122 valence electrons. The van der Waals surface area contributed by atoms with Gasteiger partial charge in [-0.2, -0.15) is 5.10 Å². The Morgan fingerprint density at radius 3 is 2.83 bits per heavy atom. The van der Waals surface area contributed by atoms with Crippen molar-refractivity contribution in [3.63, 3.8) is 0 Å². The Balaban J connectivity index is 1.70. The molecule has 0 aliphatic heterocycles. The molecule has 24 heavy (non-hydrogen) atoms. The highest BCUT2D eigenvalue weighted by atomic mass is 19.1.